The minimum Gasteiger partial charge on any atom is -0.339 e. The number of rotatable bonds is 6. The van der Waals surface area contributed by atoms with Crippen LogP contribution in [0.25, 0.3) is 0 Å². The normalized spacial score (nSPS) is 19.7. The zero-order chi connectivity index (χ0) is 14.5. The summed E-state index contributed by atoms with van der Waals surface area (Å²) in [6.45, 7) is 6.18. The Morgan fingerprint density at radius 1 is 1.10 bits per heavy atom. The molecule has 0 spiro atoms. The highest BCUT2D eigenvalue weighted by Gasteiger charge is 2.23. The average Bonchev–Trinajstić information content (AvgIpc) is 3.33. The molecule has 0 aromatic heterocycles. The van der Waals surface area contributed by atoms with E-state index in [1.807, 2.05) is 4.90 Å². The summed E-state index contributed by atoms with van der Waals surface area (Å²) in [6.07, 6.45) is 2.67. The van der Waals surface area contributed by atoms with Gasteiger partial charge in [-0.05, 0) is 30.9 Å². The molecule has 1 saturated carbocycles. The number of hydrogen-bond donors (Lipinski definition) is 1. The molecule has 4 nitrogen and oxygen atoms in total. The maximum absolute atomic E-state index is 12.1. The highest BCUT2D eigenvalue weighted by Crippen LogP contribution is 2.27. The van der Waals surface area contributed by atoms with Crippen LogP contribution in [0, 0.1) is 5.92 Å². The Hall–Kier alpha value is -1.39. The third-order valence-electron chi connectivity index (χ3n) is 4.38. The zero-order valence-corrected chi connectivity index (χ0v) is 12.6. The average molecular weight is 287 g/mol. The van der Waals surface area contributed by atoms with Crippen molar-refractivity contribution in [3.8, 4) is 0 Å². The van der Waals surface area contributed by atoms with Gasteiger partial charge in [-0.3, -0.25) is 9.69 Å². The molecule has 2 fully saturated rings. The molecule has 1 aromatic rings. The van der Waals surface area contributed by atoms with Crippen LogP contribution in [-0.2, 0) is 11.3 Å². The number of amides is 1. The first-order chi connectivity index (χ1) is 10.3. The number of benzene rings is 1. The molecule has 3 rings (SSSR count). The van der Waals surface area contributed by atoms with Gasteiger partial charge in [-0.2, -0.15) is 0 Å². The van der Waals surface area contributed by atoms with Crippen LogP contribution in [-0.4, -0.2) is 55.0 Å². The molecule has 0 atom stereocenters. The van der Waals surface area contributed by atoms with Gasteiger partial charge in [0.2, 0.25) is 5.91 Å². The van der Waals surface area contributed by atoms with Crippen molar-refractivity contribution in [2.45, 2.75) is 19.4 Å². The summed E-state index contributed by atoms with van der Waals surface area (Å²) < 4.78 is 0. The van der Waals surface area contributed by atoms with Crippen molar-refractivity contribution < 1.29 is 4.79 Å². The SMILES string of the molecule is O=C(CNCC1CC1)N1CCN(Cc2ccccc2)CC1. The number of hydrogen-bond acceptors (Lipinski definition) is 3. The van der Waals surface area contributed by atoms with Crippen molar-refractivity contribution in [1.29, 1.82) is 0 Å². The molecule has 114 valence electrons. The second kappa shape index (κ2) is 7.05. The summed E-state index contributed by atoms with van der Waals surface area (Å²) in [6, 6.07) is 10.6. The van der Waals surface area contributed by atoms with Gasteiger partial charge in [0.1, 0.15) is 0 Å². The van der Waals surface area contributed by atoms with Crippen molar-refractivity contribution in [2.75, 3.05) is 39.3 Å². The largest absolute Gasteiger partial charge is 0.339 e. The van der Waals surface area contributed by atoms with Crippen molar-refractivity contribution in [2.24, 2.45) is 5.92 Å². The predicted octanol–water partition coefficient (Wildman–Crippen LogP) is 1.33. The Bertz CT molecular complexity index is 450. The molecular formula is C17H25N3O. The quantitative estimate of drug-likeness (QED) is 0.857. The van der Waals surface area contributed by atoms with Gasteiger partial charge in [-0.15, -0.1) is 0 Å². The van der Waals surface area contributed by atoms with E-state index in [9.17, 15) is 4.79 Å². The summed E-state index contributed by atoms with van der Waals surface area (Å²) in [4.78, 5) is 16.5. The number of carbonyl (C=O) groups excluding carboxylic acids is 1. The van der Waals surface area contributed by atoms with E-state index in [1.54, 1.807) is 0 Å². The van der Waals surface area contributed by atoms with E-state index < -0.39 is 0 Å². The van der Waals surface area contributed by atoms with Crippen LogP contribution >= 0.6 is 0 Å². The molecule has 1 saturated heterocycles. The molecule has 0 unspecified atom stereocenters. The smallest absolute Gasteiger partial charge is 0.236 e. The first-order valence-corrected chi connectivity index (χ1v) is 8.06. The maximum Gasteiger partial charge on any atom is 0.236 e. The summed E-state index contributed by atoms with van der Waals surface area (Å²) >= 11 is 0. The van der Waals surface area contributed by atoms with Crippen LogP contribution in [0.5, 0.6) is 0 Å². The molecule has 1 aliphatic heterocycles. The Morgan fingerprint density at radius 2 is 1.81 bits per heavy atom. The molecule has 1 aromatic carbocycles. The van der Waals surface area contributed by atoms with Gasteiger partial charge >= 0.3 is 0 Å². The fourth-order valence-electron chi connectivity index (χ4n) is 2.81. The van der Waals surface area contributed by atoms with E-state index in [-0.39, 0.29) is 5.91 Å². The highest BCUT2D eigenvalue weighted by atomic mass is 16.2. The second-order valence-corrected chi connectivity index (χ2v) is 6.22. The molecule has 21 heavy (non-hydrogen) atoms. The summed E-state index contributed by atoms with van der Waals surface area (Å²) in [5, 5.41) is 3.29. The Kier molecular flexibility index (Phi) is 4.88. The first-order valence-electron chi connectivity index (χ1n) is 8.06. The summed E-state index contributed by atoms with van der Waals surface area (Å²) in [5.41, 5.74) is 1.35. The number of carbonyl (C=O) groups is 1. The number of piperazine rings is 1. The first kappa shape index (κ1) is 14.5. The minimum atomic E-state index is 0.259. The summed E-state index contributed by atoms with van der Waals surface area (Å²) in [5.74, 6) is 1.09. The standard InChI is InChI=1S/C17H25N3O/c21-17(13-18-12-15-6-7-15)20-10-8-19(9-11-20)14-16-4-2-1-3-5-16/h1-5,15,18H,6-14H2. The Balaban J connectivity index is 1.36. The molecule has 4 heteroatoms. The lowest BCUT2D eigenvalue weighted by Crippen LogP contribution is -2.50. The molecule has 1 heterocycles. The lowest BCUT2D eigenvalue weighted by Gasteiger charge is -2.34. The fourth-order valence-corrected chi connectivity index (χ4v) is 2.81. The maximum atomic E-state index is 12.1. The zero-order valence-electron chi connectivity index (χ0n) is 12.6. The lowest BCUT2D eigenvalue weighted by molar-refractivity contribution is -0.132. The molecule has 1 aliphatic carbocycles. The third kappa shape index (κ3) is 4.55. The van der Waals surface area contributed by atoms with Gasteiger partial charge in [0, 0.05) is 32.7 Å². The third-order valence-corrected chi connectivity index (χ3v) is 4.38. The van der Waals surface area contributed by atoms with Gasteiger partial charge in [-0.25, -0.2) is 0 Å². The van der Waals surface area contributed by atoms with Crippen LogP contribution in [0.2, 0.25) is 0 Å². The monoisotopic (exact) mass is 287 g/mol. The topological polar surface area (TPSA) is 35.6 Å². The molecule has 1 amide bonds. The van der Waals surface area contributed by atoms with E-state index >= 15 is 0 Å². The number of nitrogens with zero attached hydrogens (tertiary/aromatic N) is 2. The van der Waals surface area contributed by atoms with Gasteiger partial charge < -0.3 is 10.2 Å². The van der Waals surface area contributed by atoms with Crippen molar-refractivity contribution in [3.05, 3.63) is 35.9 Å². The molecule has 0 radical (unpaired) electrons. The van der Waals surface area contributed by atoms with E-state index in [0.717, 1.165) is 45.2 Å². The van der Waals surface area contributed by atoms with Gasteiger partial charge in [-0.1, -0.05) is 30.3 Å². The minimum absolute atomic E-state index is 0.259. The van der Waals surface area contributed by atoms with Gasteiger partial charge in [0.05, 0.1) is 6.54 Å². The van der Waals surface area contributed by atoms with Gasteiger partial charge in [0.15, 0.2) is 0 Å². The second-order valence-electron chi connectivity index (χ2n) is 6.22. The highest BCUT2D eigenvalue weighted by molar-refractivity contribution is 5.78. The van der Waals surface area contributed by atoms with Crippen molar-refractivity contribution >= 4 is 5.91 Å². The Morgan fingerprint density at radius 3 is 2.48 bits per heavy atom. The number of nitrogens with one attached hydrogen (secondary N) is 1. The summed E-state index contributed by atoms with van der Waals surface area (Å²) in [7, 11) is 0. The van der Waals surface area contributed by atoms with Crippen molar-refractivity contribution in [1.82, 2.24) is 15.1 Å². The van der Waals surface area contributed by atoms with Crippen LogP contribution < -0.4 is 5.32 Å². The fraction of sp³-hybridized carbons (Fsp3) is 0.588. The van der Waals surface area contributed by atoms with Crippen LogP contribution in [0.4, 0.5) is 0 Å². The molecule has 1 N–H and O–H groups in total. The lowest BCUT2D eigenvalue weighted by atomic mass is 10.2. The van der Waals surface area contributed by atoms with Crippen LogP contribution in [0.1, 0.15) is 18.4 Å². The van der Waals surface area contributed by atoms with E-state index in [0.29, 0.717) is 6.54 Å². The van der Waals surface area contributed by atoms with E-state index in [1.165, 1.54) is 18.4 Å². The van der Waals surface area contributed by atoms with Crippen LogP contribution in [0.15, 0.2) is 30.3 Å². The molecule has 2 aliphatic rings. The van der Waals surface area contributed by atoms with E-state index in [2.05, 4.69) is 40.5 Å². The van der Waals surface area contributed by atoms with Crippen LogP contribution in [0.3, 0.4) is 0 Å². The Labute approximate surface area is 127 Å². The van der Waals surface area contributed by atoms with Crippen molar-refractivity contribution in [3.63, 3.8) is 0 Å². The predicted molar refractivity (Wildman–Crippen MR) is 83.9 cm³/mol. The van der Waals surface area contributed by atoms with E-state index in [4.69, 9.17) is 0 Å². The molecule has 0 bridgehead atoms. The molecular weight excluding hydrogens is 262 g/mol. The van der Waals surface area contributed by atoms with Gasteiger partial charge in [0.25, 0.3) is 0 Å².